The zero-order valence-corrected chi connectivity index (χ0v) is 13.7. The maximum absolute atomic E-state index is 12.6. The molecule has 3 aromatic carbocycles. The van der Waals surface area contributed by atoms with Gasteiger partial charge in [0.15, 0.2) is 16.9 Å². The fourth-order valence-electron chi connectivity index (χ4n) is 2.94. The molecule has 134 valence electrons. The van der Waals surface area contributed by atoms with E-state index >= 15 is 0 Å². The summed E-state index contributed by atoms with van der Waals surface area (Å²) in [7, 11) is 0. The van der Waals surface area contributed by atoms with Gasteiger partial charge in [-0.1, -0.05) is 36.4 Å². The van der Waals surface area contributed by atoms with Crippen LogP contribution in [0.3, 0.4) is 0 Å². The second kappa shape index (κ2) is 6.25. The number of alkyl halides is 3. The third-order valence-corrected chi connectivity index (χ3v) is 4.03. The van der Waals surface area contributed by atoms with Gasteiger partial charge in [0.2, 0.25) is 0 Å². The van der Waals surface area contributed by atoms with Crippen LogP contribution in [0.5, 0.6) is 5.75 Å². The molecule has 4 nitrogen and oxygen atoms in total. The lowest BCUT2D eigenvalue weighted by atomic mass is 10.1. The van der Waals surface area contributed by atoms with E-state index in [-0.39, 0.29) is 11.4 Å². The highest BCUT2D eigenvalue weighted by molar-refractivity contribution is 6.10. The molecule has 0 saturated heterocycles. The fraction of sp³-hybridized carbons (Fsp3) is 0.0500. The molecule has 0 radical (unpaired) electrons. The molecule has 0 aliphatic heterocycles. The number of nitriles is 1. The molecule has 0 unspecified atom stereocenters. The molecule has 1 N–H and O–H groups in total. The summed E-state index contributed by atoms with van der Waals surface area (Å²) in [5.74, 6) is -0.351. The summed E-state index contributed by atoms with van der Waals surface area (Å²) in [6.07, 6.45) is -4.80. The molecule has 27 heavy (non-hydrogen) atoms. The van der Waals surface area contributed by atoms with Gasteiger partial charge in [-0.2, -0.15) is 5.26 Å². The van der Waals surface area contributed by atoms with Crippen molar-refractivity contribution in [2.75, 3.05) is 5.32 Å². The Balaban J connectivity index is 1.84. The Labute approximate surface area is 151 Å². The molecule has 0 aliphatic carbocycles. The van der Waals surface area contributed by atoms with Crippen molar-refractivity contribution in [3.05, 3.63) is 66.2 Å². The van der Waals surface area contributed by atoms with Gasteiger partial charge in [-0.25, -0.2) is 0 Å². The molecule has 4 aromatic rings. The van der Waals surface area contributed by atoms with Crippen molar-refractivity contribution < 1.29 is 22.3 Å². The van der Waals surface area contributed by atoms with Gasteiger partial charge in [-0.15, -0.1) is 13.2 Å². The molecule has 0 saturated carbocycles. The summed E-state index contributed by atoms with van der Waals surface area (Å²) in [5.41, 5.74) is 1.87. The Bertz CT molecular complexity index is 1190. The van der Waals surface area contributed by atoms with E-state index in [0.29, 0.717) is 22.4 Å². The van der Waals surface area contributed by atoms with Gasteiger partial charge in [0.1, 0.15) is 6.07 Å². The Morgan fingerprint density at radius 3 is 2.26 bits per heavy atom. The SMILES string of the molecule is N#Cc1cccc2c1oc1c(Nc3ccccc3OC(F)(F)F)cccc12. The average Bonchev–Trinajstić information content (AvgIpc) is 3.02. The fourth-order valence-corrected chi connectivity index (χ4v) is 2.94. The normalized spacial score (nSPS) is 11.5. The number of benzene rings is 3. The minimum atomic E-state index is -4.80. The van der Waals surface area contributed by atoms with Gasteiger partial charge >= 0.3 is 6.36 Å². The van der Waals surface area contributed by atoms with E-state index in [9.17, 15) is 18.4 Å². The van der Waals surface area contributed by atoms with Crippen LogP contribution in [0.25, 0.3) is 21.9 Å². The van der Waals surface area contributed by atoms with E-state index in [1.807, 2.05) is 12.1 Å². The molecule has 0 amide bonds. The van der Waals surface area contributed by atoms with Gasteiger partial charge in [-0.05, 0) is 24.3 Å². The average molecular weight is 368 g/mol. The zero-order valence-electron chi connectivity index (χ0n) is 13.7. The van der Waals surface area contributed by atoms with Gasteiger partial charge in [0, 0.05) is 10.8 Å². The number of furan rings is 1. The second-order valence-electron chi connectivity index (χ2n) is 5.75. The summed E-state index contributed by atoms with van der Waals surface area (Å²) in [6.45, 7) is 0. The number of para-hydroxylation sites is 4. The summed E-state index contributed by atoms with van der Waals surface area (Å²) in [5, 5.41) is 13.7. The van der Waals surface area contributed by atoms with Crippen LogP contribution in [-0.4, -0.2) is 6.36 Å². The standard InChI is InChI=1S/C20H11F3N2O2/c21-20(22,23)27-17-10-2-1-8-15(17)25-16-9-4-7-14-13-6-3-5-12(11-24)18(13)26-19(14)16/h1-10,25H. The summed E-state index contributed by atoms with van der Waals surface area (Å²) in [4.78, 5) is 0. The predicted octanol–water partition coefficient (Wildman–Crippen LogP) is 6.10. The lowest BCUT2D eigenvalue weighted by Crippen LogP contribution is -2.17. The first-order valence-corrected chi connectivity index (χ1v) is 7.92. The van der Waals surface area contributed by atoms with Crippen LogP contribution in [0, 0.1) is 11.3 Å². The van der Waals surface area contributed by atoms with Crippen LogP contribution < -0.4 is 10.1 Å². The minimum Gasteiger partial charge on any atom is -0.452 e. The van der Waals surface area contributed by atoms with Crippen LogP contribution in [0.1, 0.15) is 5.56 Å². The molecule has 1 aromatic heterocycles. The summed E-state index contributed by atoms with van der Waals surface area (Å²) < 4.78 is 47.9. The van der Waals surface area contributed by atoms with Crippen molar-refractivity contribution in [3.8, 4) is 11.8 Å². The number of rotatable bonds is 3. The minimum absolute atomic E-state index is 0.142. The number of halogens is 3. The first-order chi connectivity index (χ1) is 13.0. The van der Waals surface area contributed by atoms with Crippen LogP contribution in [-0.2, 0) is 0 Å². The molecule has 4 rings (SSSR count). The maximum Gasteiger partial charge on any atom is 0.573 e. The number of nitrogens with one attached hydrogen (secondary N) is 1. The first kappa shape index (κ1) is 16.8. The summed E-state index contributed by atoms with van der Waals surface area (Å²) >= 11 is 0. The molecule has 0 bridgehead atoms. The number of hydrogen-bond acceptors (Lipinski definition) is 4. The van der Waals surface area contributed by atoms with Crippen LogP contribution >= 0.6 is 0 Å². The number of ether oxygens (including phenoxy) is 1. The molecule has 0 fully saturated rings. The Morgan fingerprint density at radius 1 is 0.852 bits per heavy atom. The van der Waals surface area contributed by atoms with Gasteiger partial charge < -0.3 is 14.5 Å². The molecule has 1 heterocycles. The van der Waals surface area contributed by atoms with Gasteiger partial charge in [0.25, 0.3) is 0 Å². The van der Waals surface area contributed by atoms with Crippen LogP contribution in [0.2, 0.25) is 0 Å². The molecule has 7 heteroatoms. The van der Waals surface area contributed by atoms with Crippen molar-refractivity contribution in [1.29, 1.82) is 5.26 Å². The molecular weight excluding hydrogens is 357 g/mol. The van der Waals surface area contributed by atoms with E-state index in [2.05, 4.69) is 16.1 Å². The van der Waals surface area contributed by atoms with Crippen molar-refractivity contribution in [2.45, 2.75) is 6.36 Å². The van der Waals surface area contributed by atoms with E-state index < -0.39 is 6.36 Å². The molecule has 0 spiro atoms. The lowest BCUT2D eigenvalue weighted by Gasteiger charge is -2.14. The quantitative estimate of drug-likeness (QED) is 0.475. The largest absolute Gasteiger partial charge is 0.573 e. The lowest BCUT2D eigenvalue weighted by molar-refractivity contribution is -0.274. The Morgan fingerprint density at radius 2 is 1.52 bits per heavy atom. The number of anilines is 2. The van der Waals surface area contributed by atoms with Crippen LogP contribution in [0.15, 0.2) is 65.1 Å². The van der Waals surface area contributed by atoms with Gasteiger partial charge in [-0.3, -0.25) is 0 Å². The zero-order chi connectivity index (χ0) is 19.0. The Kier molecular flexibility index (Phi) is 3.89. The highest BCUT2D eigenvalue weighted by Crippen LogP contribution is 2.38. The smallest absolute Gasteiger partial charge is 0.452 e. The first-order valence-electron chi connectivity index (χ1n) is 7.92. The highest BCUT2D eigenvalue weighted by Gasteiger charge is 2.32. The summed E-state index contributed by atoms with van der Waals surface area (Å²) in [6, 6.07) is 18.3. The maximum atomic E-state index is 12.6. The Hall–Kier alpha value is -3.66. The monoisotopic (exact) mass is 368 g/mol. The van der Waals surface area contributed by atoms with Crippen molar-refractivity contribution in [3.63, 3.8) is 0 Å². The van der Waals surface area contributed by atoms with E-state index in [1.165, 1.54) is 18.2 Å². The van der Waals surface area contributed by atoms with Gasteiger partial charge in [0.05, 0.1) is 16.9 Å². The third kappa shape index (κ3) is 3.13. The van der Waals surface area contributed by atoms with E-state index in [4.69, 9.17) is 4.42 Å². The second-order valence-corrected chi connectivity index (χ2v) is 5.75. The van der Waals surface area contributed by atoms with E-state index in [0.717, 1.165) is 10.8 Å². The number of nitrogens with zero attached hydrogens (tertiary/aromatic N) is 1. The predicted molar refractivity (Wildman–Crippen MR) is 94.8 cm³/mol. The van der Waals surface area contributed by atoms with Crippen molar-refractivity contribution in [2.24, 2.45) is 0 Å². The highest BCUT2D eigenvalue weighted by atomic mass is 19.4. The topological polar surface area (TPSA) is 58.2 Å². The number of hydrogen-bond donors (Lipinski definition) is 1. The van der Waals surface area contributed by atoms with Crippen LogP contribution in [0.4, 0.5) is 24.5 Å². The van der Waals surface area contributed by atoms with Crippen molar-refractivity contribution in [1.82, 2.24) is 0 Å². The number of fused-ring (bicyclic) bond motifs is 3. The molecular formula is C20H11F3N2O2. The molecule has 0 atom stereocenters. The molecule has 0 aliphatic rings. The third-order valence-electron chi connectivity index (χ3n) is 4.03. The van der Waals surface area contributed by atoms with Crippen molar-refractivity contribution >= 4 is 33.3 Å². The van der Waals surface area contributed by atoms with E-state index in [1.54, 1.807) is 30.3 Å².